The zero-order valence-electron chi connectivity index (χ0n) is 4.27. The maximum absolute atomic E-state index is 10.6. The van der Waals surface area contributed by atoms with Gasteiger partial charge in [0.2, 0.25) is 0 Å². The molecule has 0 aromatic carbocycles. The molecule has 0 heterocycles. The van der Waals surface area contributed by atoms with Gasteiger partial charge in [0, 0.05) is 0 Å². The summed E-state index contributed by atoms with van der Waals surface area (Å²) in [6, 6.07) is 0. The molecule has 0 aromatic heterocycles. The molecule has 0 bridgehead atoms. The molecule has 0 amide bonds. The third kappa shape index (κ3) is 9.83. The first-order valence-electron chi connectivity index (χ1n) is 1.10. The van der Waals surface area contributed by atoms with Gasteiger partial charge in [-0.1, -0.05) is 0 Å². The second-order valence-electron chi connectivity index (χ2n) is 0.680. The molecule has 0 aliphatic carbocycles. The van der Waals surface area contributed by atoms with Crippen molar-refractivity contribution in [1.82, 2.24) is 0 Å². The van der Waals surface area contributed by atoms with Gasteiger partial charge in [-0.05, 0) is 0 Å². The molecule has 1 unspecified atom stereocenters. The van der Waals surface area contributed by atoms with Gasteiger partial charge >= 0.3 is 56.9 Å². The van der Waals surface area contributed by atoms with E-state index in [2.05, 4.69) is 0 Å². The van der Waals surface area contributed by atoms with Crippen molar-refractivity contribution in [1.29, 1.82) is 0 Å². The minimum absolute atomic E-state index is 0. The molecule has 8 heteroatoms. The Hall–Kier alpha value is 1.83. The average Bonchev–Trinajstić information content (AvgIpc) is 1.31. The molecule has 2 nitrogen and oxygen atoms in total. The van der Waals surface area contributed by atoms with Gasteiger partial charge in [-0.2, -0.15) is 13.2 Å². The van der Waals surface area contributed by atoms with Gasteiger partial charge in [-0.3, -0.25) is 4.21 Å². The normalized spacial score (nSPS) is 12.9. The van der Waals surface area contributed by atoms with Crippen LogP contribution in [0.15, 0.2) is 0 Å². The van der Waals surface area contributed by atoms with E-state index in [0.717, 1.165) is 0 Å². The third-order valence-electron chi connectivity index (χ3n) is 0.189. The summed E-state index contributed by atoms with van der Waals surface area (Å²) in [5.41, 5.74) is -5.08. The molecule has 0 saturated heterocycles. The smallest absolute Gasteiger partial charge is 0.766 e. The number of alkyl halides is 3. The molecule has 0 spiro atoms. The number of rotatable bonds is 0. The van der Waals surface area contributed by atoms with E-state index in [1.165, 1.54) is 0 Å². The van der Waals surface area contributed by atoms with Crippen LogP contribution in [0.25, 0.3) is 0 Å². The van der Waals surface area contributed by atoms with Crippen molar-refractivity contribution in [2.75, 3.05) is 0 Å². The minimum Gasteiger partial charge on any atom is -0.766 e. The van der Waals surface area contributed by atoms with Crippen molar-refractivity contribution in [3.63, 3.8) is 0 Å². The third-order valence-corrected chi connectivity index (χ3v) is 0.567. The van der Waals surface area contributed by atoms with Gasteiger partial charge in [-0.15, -0.1) is 12.4 Å². The maximum atomic E-state index is 10.6. The number of hydrogen-bond donors (Lipinski definition) is 0. The van der Waals surface area contributed by atoms with Gasteiger partial charge in [0.05, 0.1) is 11.1 Å². The minimum atomic E-state index is -5.08. The van der Waals surface area contributed by atoms with E-state index in [-0.39, 0.29) is 63.8 Å². The van der Waals surface area contributed by atoms with E-state index in [9.17, 15) is 13.2 Å². The van der Waals surface area contributed by atoms with E-state index in [4.69, 9.17) is 8.76 Å². The summed E-state index contributed by atoms with van der Waals surface area (Å²) in [4.78, 5) is 0. The molecule has 0 rings (SSSR count). The Bertz CT molecular complexity index is 94.3. The molecule has 0 fully saturated rings. The largest absolute Gasteiger partial charge is 1.00 e. The van der Waals surface area contributed by atoms with Crippen molar-refractivity contribution >= 4 is 23.5 Å². The molecule has 0 aromatic rings. The van der Waals surface area contributed by atoms with Gasteiger partial charge < -0.3 is 4.55 Å². The second-order valence-corrected chi connectivity index (χ2v) is 1.61. The molecule has 0 saturated carbocycles. The van der Waals surface area contributed by atoms with Crippen molar-refractivity contribution in [3.8, 4) is 0 Å². The first-order chi connectivity index (χ1) is 2.94. The van der Waals surface area contributed by atoms with E-state index in [0.29, 0.717) is 0 Å². The molecule has 0 N–H and O–H groups in total. The number of hydrogen-bond acceptors (Lipinski definition) is 2. The Kier molecular flexibility index (Phi) is 12.4. The topological polar surface area (TPSA) is 40.1 Å². The molecule has 0 aliphatic rings. The average molecular weight is 209 g/mol. The first kappa shape index (κ1) is 17.1. The summed E-state index contributed by atoms with van der Waals surface area (Å²) in [6.45, 7) is 0. The van der Waals surface area contributed by atoms with Crippen LogP contribution in [-0.2, 0) is 11.1 Å². The predicted octanol–water partition coefficient (Wildman–Crippen LogP) is -2.19. The van der Waals surface area contributed by atoms with E-state index in [1.54, 1.807) is 0 Å². The standard InChI is InChI=1S/CHF3O2S.ClH.K/c2-1(3,4)7(5)6;;/h(H,5,6);1H;/q;;+1/p-1. The Morgan fingerprint density at radius 2 is 1.44 bits per heavy atom. The Labute approximate surface area is 101 Å². The van der Waals surface area contributed by atoms with Crippen LogP contribution in [0.3, 0.4) is 0 Å². The summed E-state index contributed by atoms with van der Waals surface area (Å²) in [5, 5.41) is 0. The zero-order valence-corrected chi connectivity index (χ0v) is 9.02. The van der Waals surface area contributed by atoms with Crippen LogP contribution in [0.4, 0.5) is 13.2 Å². The van der Waals surface area contributed by atoms with Gasteiger partial charge in [0.25, 0.3) is 0 Å². The number of halogens is 4. The van der Waals surface area contributed by atoms with Crippen LogP contribution < -0.4 is 51.4 Å². The zero-order chi connectivity index (χ0) is 6.08. The van der Waals surface area contributed by atoms with E-state index >= 15 is 0 Å². The van der Waals surface area contributed by atoms with Gasteiger partial charge in [0.1, 0.15) is 0 Å². The fourth-order valence-electron chi connectivity index (χ4n) is 0. The van der Waals surface area contributed by atoms with Crippen molar-refractivity contribution < 1.29 is 73.3 Å². The first-order valence-corrected chi connectivity index (χ1v) is 2.18. The molecule has 0 aliphatic heterocycles. The predicted molar refractivity (Wildman–Crippen MR) is 22.2 cm³/mol. The van der Waals surface area contributed by atoms with Crippen LogP contribution >= 0.6 is 12.4 Å². The summed E-state index contributed by atoms with van der Waals surface area (Å²) in [6.07, 6.45) is 0. The van der Waals surface area contributed by atoms with E-state index < -0.39 is 16.6 Å². The molecule has 52 valence electrons. The van der Waals surface area contributed by atoms with Crippen molar-refractivity contribution in [2.24, 2.45) is 0 Å². The van der Waals surface area contributed by atoms with E-state index in [1.807, 2.05) is 0 Å². The summed E-state index contributed by atoms with van der Waals surface area (Å²) >= 11 is -3.93. The molecule has 1 atom stereocenters. The van der Waals surface area contributed by atoms with Crippen LogP contribution in [0, 0.1) is 0 Å². The SMILES string of the molecule is Cl.O=S([O-])C(F)(F)F.[K+]. The van der Waals surface area contributed by atoms with Crippen LogP contribution in [-0.4, -0.2) is 14.3 Å². The molecule has 0 radical (unpaired) electrons. The van der Waals surface area contributed by atoms with Gasteiger partial charge in [0.15, 0.2) is 0 Å². The Morgan fingerprint density at radius 1 is 1.33 bits per heavy atom. The van der Waals surface area contributed by atoms with Crippen LogP contribution in [0.1, 0.15) is 0 Å². The van der Waals surface area contributed by atoms with Crippen molar-refractivity contribution in [3.05, 3.63) is 0 Å². The van der Waals surface area contributed by atoms with Crippen LogP contribution in [0.5, 0.6) is 0 Å². The Morgan fingerprint density at radius 3 is 1.44 bits per heavy atom. The molecular formula is CHClF3KO2S. The molecule has 9 heavy (non-hydrogen) atoms. The molecular weight excluding hydrogens is 208 g/mol. The fraction of sp³-hybridized carbons (Fsp3) is 1.00. The quantitative estimate of drug-likeness (QED) is 0.335. The summed E-state index contributed by atoms with van der Waals surface area (Å²) < 4.78 is 49.5. The summed E-state index contributed by atoms with van der Waals surface area (Å²) in [7, 11) is 0. The fourth-order valence-corrected chi connectivity index (χ4v) is 0. The Balaban J connectivity index is -0.000000180. The monoisotopic (exact) mass is 208 g/mol. The van der Waals surface area contributed by atoms with Crippen molar-refractivity contribution in [2.45, 2.75) is 5.51 Å². The maximum Gasteiger partial charge on any atom is 1.00 e. The summed E-state index contributed by atoms with van der Waals surface area (Å²) in [5.74, 6) is 0. The second kappa shape index (κ2) is 6.53. The van der Waals surface area contributed by atoms with Crippen LogP contribution in [0.2, 0.25) is 0 Å². The van der Waals surface area contributed by atoms with Gasteiger partial charge in [-0.25, -0.2) is 0 Å².